The van der Waals surface area contributed by atoms with Crippen molar-refractivity contribution in [2.24, 2.45) is 5.10 Å². The third-order valence-electron chi connectivity index (χ3n) is 3.96. The fraction of sp³-hybridized carbons (Fsp3) is 0.143. The van der Waals surface area contributed by atoms with Crippen LogP contribution in [0.3, 0.4) is 0 Å². The number of carbonyl (C=O) groups is 1. The van der Waals surface area contributed by atoms with Crippen molar-refractivity contribution in [1.29, 1.82) is 0 Å². The molecule has 3 aromatic rings. The van der Waals surface area contributed by atoms with Crippen molar-refractivity contribution in [3.05, 3.63) is 63.7 Å². The Hall–Kier alpha value is -2.81. The Morgan fingerprint density at radius 2 is 1.96 bits per heavy atom. The van der Waals surface area contributed by atoms with E-state index >= 15 is 0 Å². The first kappa shape index (κ1) is 19.9. The number of nitrogens with one attached hydrogen (secondary N) is 2. The first-order valence-electron chi connectivity index (χ1n) is 8.76. The summed E-state index contributed by atoms with van der Waals surface area (Å²) in [6.45, 7) is 2.39. The molecule has 0 aliphatic rings. The first-order chi connectivity index (χ1) is 13.6. The zero-order valence-corrected chi connectivity index (χ0v) is 17.4. The van der Waals surface area contributed by atoms with Crippen LogP contribution >= 0.6 is 22.6 Å². The summed E-state index contributed by atoms with van der Waals surface area (Å²) in [5.41, 5.74) is 4.07. The summed E-state index contributed by atoms with van der Waals surface area (Å²) < 4.78 is 6.04. The van der Waals surface area contributed by atoms with Crippen LogP contribution in [-0.2, 0) is 4.79 Å². The number of hydrazone groups is 1. The normalized spacial score (nSPS) is 10.9. The Morgan fingerprint density at radius 1 is 1.18 bits per heavy atom. The summed E-state index contributed by atoms with van der Waals surface area (Å²) in [6.07, 6.45) is 1.51. The number of hydrogen-bond donors (Lipinski definition) is 3. The summed E-state index contributed by atoms with van der Waals surface area (Å²) >= 11 is 2.02. The Morgan fingerprint density at radius 3 is 2.75 bits per heavy atom. The van der Waals surface area contributed by atoms with Crippen LogP contribution in [0.2, 0.25) is 0 Å². The number of nitrogens with zero attached hydrogens (tertiary/aromatic N) is 1. The van der Waals surface area contributed by atoms with Crippen molar-refractivity contribution >= 4 is 51.2 Å². The molecule has 0 radical (unpaired) electrons. The molecule has 3 N–H and O–H groups in total. The summed E-state index contributed by atoms with van der Waals surface area (Å²) in [5.74, 6) is 0.228. The van der Waals surface area contributed by atoms with Gasteiger partial charge in [-0.1, -0.05) is 30.3 Å². The largest absolute Gasteiger partial charge is 0.504 e. The van der Waals surface area contributed by atoms with E-state index in [-0.39, 0.29) is 18.2 Å². The van der Waals surface area contributed by atoms with Crippen LogP contribution in [0.1, 0.15) is 12.5 Å². The smallest absolute Gasteiger partial charge is 0.259 e. The highest BCUT2D eigenvalue weighted by Crippen LogP contribution is 2.32. The molecule has 144 valence electrons. The number of benzene rings is 3. The van der Waals surface area contributed by atoms with E-state index in [0.29, 0.717) is 21.5 Å². The molecule has 6 nitrogen and oxygen atoms in total. The number of aromatic hydroxyl groups is 1. The second kappa shape index (κ2) is 9.41. The van der Waals surface area contributed by atoms with Gasteiger partial charge >= 0.3 is 0 Å². The number of amides is 1. The number of carbonyl (C=O) groups excluding carboxylic acids is 1. The molecule has 28 heavy (non-hydrogen) atoms. The van der Waals surface area contributed by atoms with E-state index in [2.05, 4.69) is 15.8 Å². The molecule has 0 spiro atoms. The molecule has 1 amide bonds. The first-order valence-corrected chi connectivity index (χ1v) is 9.84. The van der Waals surface area contributed by atoms with Gasteiger partial charge in [0.05, 0.1) is 22.9 Å². The van der Waals surface area contributed by atoms with E-state index in [0.717, 1.165) is 16.5 Å². The van der Waals surface area contributed by atoms with E-state index < -0.39 is 0 Å². The highest BCUT2D eigenvalue weighted by Gasteiger charge is 2.08. The van der Waals surface area contributed by atoms with Gasteiger partial charge in [-0.25, -0.2) is 5.43 Å². The Labute approximate surface area is 176 Å². The van der Waals surface area contributed by atoms with Gasteiger partial charge < -0.3 is 15.2 Å². The maximum atomic E-state index is 12.0. The number of fused-ring (bicyclic) bond motifs is 1. The molecule has 3 rings (SSSR count). The average molecular weight is 489 g/mol. The van der Waals surface area contributed by atoms with Gasteiger partial charge in [0.2, 0.25) is 0 Å². The minimum absolute atomic E-state index is 0.100. The van der Waals surface area contributed by atoms with Crippen LogP contribution in [0.5, 0.6) is 11.5 Å². The van der Waals surface area contributed by atoms with E-state index in [1.807, 2.05) is 72.0 Å². The molecule has 0 aliphatic carbocycles. The molecular weight excluding hydrogens is 469 g/mol. The predicted molar refractivity (Wildman–Crippen MR) is 120 cm³/mol. The molecule has 0 aliphatic heterocycles. The lowest BCUT2D eigenvalue weighted by Gasteiger charge is -2.08. The van der Waals surface area contributed by atoms with E-state index in [1.165, 1.54) is 6.21 Å². The maximum absolute atomic E-state index is 12.0. The van der Waals surface area contributed by atoms with Gasteiger partial charge in [-0.05, 0) is 70.1 Å². The van der Waals surface area contributed by atoms with Gasteiger partial charge in [0.1, 0.15) is 0 Å². The third-order valence-corrected chi connectivity index (χ3v) is 4.78. The molecule has 7 heteroatoms. The van der Waals surface area contributed by atoms with Crippen molar-refractivity contribution in [3.8, 4) is 11.5 Å². The highest BCUT2D eigenvalue weighted by molar-refractivity contribution is 14.1. The van der Waals surface area contributed by atoms with Crippen LogP contribution in [-0.4, -0.2) is 30.4 Å². The number of anilines is 1. The molecule has 0 heterocycles. The van der Waals surface area contributed by atoms with Crippen LogP contribution in [0.4, 0.5) is 5.69 Å². The second-order valence-corrected chi connectivity index (χ2v) is 7.15. The molecule has 3 aromatic carbocycles. The Bertz CT molecular complexity index is 1020. The monoisotopic (exact) mass is 489 g/mol. The minimum atomic E-state index is -0.261. The molecule has 0 fully saturated rings. The maximum Gasteiger partial charge on any atom is 0.259 e. The van der Waals surface area contributed by atoms with Crippen LogP contribution in [0.25, 0.3) is 10.8 Å². The van der Waals surface area contributed by atoms with Gasteiger partial charge in [-0.3, -0.25) is 4.79 Å². The van der Waals surface area contributed by atoms with E-state index in [4.69, 9.17) is 4.74 Å². The fourth-order valence-corrected chi connectivity index (χ4v) is 3.26. The van der Waals surface area contributed by atoms with Crippen molar-refractivity contribution in [2.75, 3.05) is 18.5 Å². The standard InChI is InChI=1S/C21H20IN3O3/c1-2-28-19-10-14(9-18(22)21(19)27)12-24-25-20(26)13-23-17-8-7-15-5-3-4-6-16(15)11-17/h3-12,23,27H,2,13H2,1H3,(H,25,26)/b24-12-. The number of halogens is 1. The predicted octanol–water partition coefficient (Wildman–Crippen LogP) is 4.11. The van der Waals surface area contributed by atoms with Crippen molar-refractivity contribution in [1.82, 2.24) is 5.43 Å². The van der Waals surface area contributed by atoms with Gasteiger partial charge in [-0.15, -0.1) is 0 Å². The van der Waals surface area contributed by atoms with Gasteiger partial charge in [0.25, 0.3) is 5.91 Å². The summed E-state index contributed by atoms with van der Waals surface area (Å²) in [4.78, 5) is 12.0. The minimum Gasteiger partial charge on any atom is -0.504 e. The number of phenolic OH excluding ortho intramolecular Hbond substituents is 1. The number of phenols is 1. The summed E-state index contributed by atoms with van der Waals surface area (Å²) in [6, 6.07) is 17.4. The molecule has 0 saturated carbocycles. The lowest BCUT2D eigenvalue weighted by Crippen LogP contribution is -2.25. The molecule has 0 unspecified atom stereocenters. The van der Waals surface area contributed by atoms with Crippen LogP contribution in [0, 0.1) is 3.57 Å². The molecule has 0 aromatic heterocycles. The zero-order valence-electron chi connectivity index (χ0n) is 15.3. The topological polar surface area (TPSA) is 83.0 Å². The zero-order chi connectivity index (χ0) is 19.9. The molecule has 0 bridgehead atoms. The lowest BCUT2D eigenvalue weighted by atomic mass is 10.1. The quantitative estimate of drug-likeness (QED) is 0.265. The van der Waals surface area contributed by atoms with Crippen molar-refractivity contribution in [2.45, 2.75) is 6.92 Å². The molecular formula is C21H20IN3O3. The number of ether oxygens (including phenoxy) is 1. The third kappa shape index (κ3) is 5.13. The average Bonchev–Trinajstić information content (AvgIpc) is 2.70. The van der Waals surface area contributed by atoms with Gasteiger partial charge in [-0.2, -0.15) is 5.10 Å². The van der Waals surface area contributed by atoms with E-state index in [1.54, 1.807) is 12.1 Å². The fourth-order valence-electron chi connectivity index (χ4n) is 2.63. The highest BCUT2D eigenvalue weighted by atomic mass is 127. The van der Waals surface area contributed by atoms with Gasteiger partial charge in [0, 0.05) is 5.69 Å². The summed E-state index contributed by atoms with van der Waals surface area (Å²) in [7, 11) is 0. The van der Waals surface area contributed by atoms with E-state index in [9.17, 15) is 9.90 Å². The number of rotatable bonds is 7. The molecule has 0 saturated heterocycles. The molecule has 0 atom stereocenters. The SMILES string of the molecule is CCOc1cc(/C=N\NC(=O)CNc2ccc3ccccc3c2)cc(I)c1O. The van der Waals surface area contributed by atoms with Crippen LogP contribution in [0.15, 0.2) is 59.7 Å². The number of hydrogen-bond acceptors (Lipinski definition) is 5. The Kier molecular flexibility index (Phi) is 6.70. The lowest BCUT2D eigenvalue weighted by molar-refractivity contribution is -0.119. The van der Waals surface area contributed by atoms with Gasteiger partial charge in [0.15, 0.2) is 11.5 Å². The Balaban J connectivity index is 1.56. The summed E-state index contributed by atoms with van der Waals surface area (Å²) in [5, 5.41) is 19.3. The van der Waals surface area contributed by atoms with Crippen LogP contribution < -0.4 is 15.5 Å². The van der Waals surface area contributed by atoms with Crippen molar-refractivity contribution < 1.29 is 14.6 Å². The van der Waals surface area contributed by atoms with Crippen molar-refractivity contribution in [3.63, 3.8) is 0 Å². The second-order valence-electron chi connectivity index (χ2n) is 5.99.